The van der Waals surface area contributed by atoms with E-state index >= 15 is 0 Å². The number of carboxylic acids is 1. The van der Waals surface area contributed by atoms with Crippen LogP contribution in [0.2, 0.25) is 0 Å². The summed E-state index contributed by atoms with van der Waals surface area (Å²) in [5.41, 5.74) is 0. The predicted octanol–water partition coefficient (Wildman–Crippen LogP) is -0.748. The van der Waals surface area contributed by atoms with Crippen LogP contribution in [0.3, 0.4) is 0 Å². The van der Waals surface area contributed by atoms with Gasteiger partial charge in [0.05, 0.1) is 19.3 Å². The van der Waals surface area contributed by atoms with E-state index in [1.165, 1.54) is 4.31 Å². The highest BCUT2D eigenvalue weighted by atomic mass is 32.2. The van der Waals surface area contributed by atoms with E-state index in [1.54, 1.807) is 6.92 Å². The molecule has 2 saturated heterocycles. The molecule has 2 aliphatic heterocycles. The lowest BCUT2D eigenvalue weighted by molar-refractivity contribution is -0.142. The first-order valence-electron chi connectivity index (χ1n) is 7.11. The first-order valence-corrected chi connectivity index (χ1v) is 8.51. The molecule has 3 atom stereocenters. The Morgan fingerprint density at radius 1 is 1.33 bits per heavy atom. The van der Waals surface area contributed by atoms with E-state index in [1.807, 2.05) is 0 Å². The van der Waals surface area contributed by atoms with Crippen LogP contribution in [-0.4, -0.2) is 77.7 Å². The highest BCUT2D eigenvalue weighted by Crippen LogP contribution is 2.26. The van der Waals surface area contributed by atoms with Crippen molar-refractivity contribution in [2.75, 3.05) is 26.3 Å². The third-order valence-electron chi connectivity index (χ3n) is 3.98. The lowest BCUT2D eigenvalue weighted by Crippen LogP contribution is -2.59. The molecule has 2 N–H and O–H groups in total. The number of aliphatic carboxylic acids is 1. The zero-order valence-corrected chi connectivity index (χ0v) is 12.8. The lowest BCUT2D eigenvalue weighted by Gasteiger charge is -2.41. The fraction of sp³-hybridized carbons (Fsp3) is 0.917. The topological polar surface area (TPSA) is 107 Å². The summed E-state index contributed by atoms with van der Waals surface area (Å²) in [6, 6.07) is -1.39. The second-order valence-electron chi connectivity index (χ2n) is 5.52. The lowest BCUT2D eigenvalue weighted by atomic mass is 10.1. The highest BCUT2D eigenvalue weighted by Gasteiger charge is 2.43. The van der Waals surface area contributed by atoms with Crippen LogP contribution < -0.4 is 0 Å². The van der Waals surface area contributed by atoms with Crippen LogP contribution in [0.5, 0.6) is 0 Å². The third-order valence-corrected chi connectivity index (χ3v) is 6.11. The minimum Gasteiger partial charge on any atom is -0.480 e. The van der Waals surface area contributed by atoms with Gasteiger partial charge < -0.3 is 14.9 Å². The average Bonchev–Trinajstić information content (AvgIpc) is 2.47. The largest absolute Gasteiger partial charge is 0.480 e. The van der Waals surface area contributed by atoms with Gasteiger partial charge in [-0.15, -0.1) is 0 Å². The minimum atomic E-state index is -3.88. The second-order valence-corrected chi connectivity index (χ2v) is 7.36. The van der Waals surface area contributed by atoms with Gasteiger partial charge in [-0.2, -0.15) is 17.0 Å². The van der Waals surface area contributed by atoms with Gasteiger partial charge in [0.25, 0.3) is 10.2 Å². The van der Waals surface area contributed by atoms with Gasteiger partial charge in [-0.25, -0.2) is 0 Å². The van der Waals surface area contributed by atoms with E-state index in [4.69, 9.17) is 9.84 Å². The average molecular weight is 322 g/mol. The summed E-state index contributed by atoms with van der Waals surface area (Å²) in [6.07, 6.45) is 1.13. The maximum absolute atomic E-state index is 12.8. The Kier molecular flexibility index (Phi) is 5.20. The molecule has 2 rings (SSSR count). The van der Waals surface area contributed by atoms with Gasteiger partial charge in [0.15, 0.2) is 0 Å². The van der Waals surface area contributed by atoms with Crippen molar-refractivity contribution in [1.82, 2.24) is 8.61 Å². The molecule has 0 radical (unpaired) electrons. The Hall–Kier alpha value is -0.740. The number of carboxylic acid groups (broad SMARTS) is 1. The highest BCUT2D eigenvalue weighted by molar-refractivity contribution is 7.86. The third kappa shape index (κ3) is 3.37. The summed E-state index contributed by atoms with van der Waals surface area (Å²) in [4.78, 5) is 11.3. The second kappa shape index (κ2) is 6.57. The normalized spacial score (nSPS) is 33.0. The number of carbonyl (C=O) groups is 1. The van der Waals surface area contributed by atoms with Crippen molar-refractivity contribution < 1.29 is 28.2 Å². The number of hydrogen-bond donors (Lipinski definition) is 2. The summed E-state index contributed by atoms with van der Waals surface area (Å²) < 4.78 is 33.2. The zero-order valence-electron chi connectivity index (χ0n) is 12.0. The van der Waals surface area contributed by atoms with Crippen molar-refractivity contribution >= 4 is 16.2 Å². The quantitative estimate of drug-likeness (QED) is 0.705. The number of aliphatic hydroxyl groups excluding tert-OH is 1. The summed E-state index contributed by atoms with van der Waals surface area (Å²) in [5, 5.41) is 18.4. The number of ether oxygens (including phenoxy) is 1. The summed E-state index contributed by atoms with van der Waals surface area (Å²) in [6.45, 7) is 1.90. The zero-order chi connectivity index (χ0) is 15.6. The van der Waals surface area contributed by atoms with Gasteiger partial charge in [-0.05, 0) is 26.2 Å². The molecule has 0 aliphatic carbocycles. The van der Waals surface area contributed by atoms with Crippen LogP contribution in [0.4, 0.5) is 0 Å². The van der Waals surface area contributed by atoms with Crippen molar-refractivity contribution in [3.8, 4) is 0 Å². The fourth-order valence-electron chi connectivity index (χ4n) is 2.79. The van der Waals surface area contributed by atoms with Crippen LogP contribution in [-0.2, 0) is 19.7 Å². The predicted molar refractivity (Wildman–Crippen MR) is 73.9 cm³/mol. The molecule has 0 aromatic carbocycles. The number of rotatable bonds is 4. The molecule has 9 heteroatoms. The van der Waals surface area contributed by atoms with Gasteiger partial charge in [0, 0.05) is 19.1 Å². The molecule has 0 amide bonds. The number of hydrogen-bond acceptors (Lipinski definition) is 5. The van der Waals surface area contributed by atoms with Crippen molar-refractivity contribution in [3.63, 3.8) is 0 Å². The van der Waals surface area contributed by atoms with Crippen LogP contribution >= 0.6 is 0 Å². The fourth-order valence-corrected chi connectivity index (χ4v) is 4.80. The van der Waals surface area contributed by atoms with Gasteiger partial charge in [0.1, 0.15) is 6.04 Å². The SMILES string of the molecule is CC1COC(CO)CN1S(=O)(=O)N1CCCCC1C(=O)O. The van der Waals surface area contributed by atoms with Crippen molar-refractivity contribution in [2.24, 2.45) is 0 Å². The monoisotopic (exact) mass is 322 g/mol. The van der Waals surface area contributed by atoms with Crippen molar-refractivity contribution in [1.29, 1.82) is 0 Å². The number of aliphatic hydroxyl groups is 1. The Bertz CT molecular complexity index is 482. The Balaban J connectivity index is 2.24. The van der Waals surface area contributed by atoms with E-state index in [2.05, 4.69) is 0 Å². The molecule has 0 bridgehead atoms. The van der Waals surface area contributed by atoms with Crippen molar-refractivity contribution in [3.05, 3.63) is 0 Å². The summed E-state index contributed by atoms with van der Waals surface area (Å²) in [7, 11) is -3.88. The van der Waals surface area contributed by atoms with Crippen LogP contribution in [0, 0.1) is 0 Å². The smallest absolute Gasteiger partial charge is 0.322 e. The number of morpholine rings is 1. The van der Waals surface area contributed by atoms with Crippen LogP contribution in [0.15, 0.2) is 0 Å². The maximum atomic E-state index is 12.8. The van der Waals surface area contributed by atoms with Gasteiger partial charge in [0.2, 0.25) is 0 Å². The maximum Gasteiger partial charge on any atom is 0.322 e. The molecule has 21 heavy (non-hydrogen) atoms. The van der Waals surface area contributed by atoms with E-state index in [0.717, 1.165) is 4.31 Å². The van der Waals surface area contributed by atoms with E-state index in [0.29, 0.717) is 19.3 Å². The van der Waals surface area contributed by atoms with E-state index in [9.17, 15) is 18.3 Å². The molecule has 0 saturated carbocycles. The van der Waals surface area contributed by atoms with E-state index in [-0.39, 0.29) is 32.3 Å². The molecule has 2 fully saturated rings. The van der Waals surface area contributed by atoms with Crippen LogP contribution in [0.1, 0.15) is 26.2 Å². The molecule has 8 nitrogen and oxygen atoms in total. The number of nitrogens with zero attached hydrogens (tertiary/aromatic N) is 2. The molecular formula is C12H22N2O6S. The first-order chi connectivity index (χ1) is 9.87. The molecule has 122 valence electrons. The summed E-state index contributed by atoms with van der Waals surface area (Å²) >= 11 is 0. The molecule has 3 unspecified atom stereocenters. The standard InChI is InChI=1S/C12H22N2O6S/c1-9-8-20-10(7-15)6-14(9)21(18,19)13-5-3-2-4-11(13)12(16)17/h9-11,15H,2-8H2,1H3,(H,16,17). The van der Waals surface area contributed by atoms with Crippen molar-refractivity contribution in [2.45, 2.75) is 44.4 Å². The Labute approximate surface area is 124 Å². The van der Waals surface area contributed by atoms with Gasteiger partial charge in [-0.1, -0.05) is 0 Å². The molecule has 0 aromatic heterocycles. The molecule has 2 aliphatic rings. The summed E-state index contributed by atoms with van der Waals surface area (Å²) in [5.74, 6) is -1.11. The van der Waals surface area contributed by atoms with E-state index < -0.39 is 28.3 Å². The first kappa shape index (κ1) is 16.6. The molecule has 0 spiro atoms. The van der Waals surface area contributed by atoms with Gasteiger partial charge >= 0.3 is 5.97 Å². The molecular weight excluding hydrogens is 300 g/mol. The number of piperidine rings is 1. The van der Waals surface area contributed by atoms with Crippen LogP contribution in [0.25, 0.3) is 0 Å². The molecule has 2 heterocycles. The Morgan fingerprint density at radius 2 is 2.05 bits per heavy atom. The molecule has 0 aromatic rings. The van der Waals surface area contributed by atoms with Gasteiger partial charge in [-0.3, -0.25) is 4.79 Å². The Morgan fingerprint density at radius 3 is 2.67 bits per heavy atom. The minimum absolute atomic E-state index is 0.0445.